The second-order valence-electron chi connectivity index (χ2n) is 3.98. The van der Waals surface area contributed by atoms with Crippen LogP contribution in [0.4, 0.5) is 5.88 Å². The van der Waals surface area contributed by atoms with Gasteiger partial charge in [0, 0.05) is 6.42 Å². The summed E-state index contributed by atoms with van der Waals surface area (Å²) in [6.07, 6.45) is 0.172. The number of carbonyl (C=O) groups is 1. The molecule has 0 N–H and O–H groups in total. The fourth-order valence-corrected chi connectivity index (χ4v) is 1.55. The Bertz CT molecular complexity index is 583. The van der Waals surface area contributed by atoms with Crippen LogP contribution in [0.15, 0.2) is 40.8 Å². The average Bonchev–Trinajstić information content (AvgIpc) is 2.81. The van der Waals surface area contributed by atoms with Crippen LogP contribution in [0.1, 0.15) is 21.7 Å². The molecule has 0 aliphatic rings. The van der Waals surface area contributed by atoms with Gasteiger partial charge in [0.2, 0.25) is 5.78 Å². The van der Waals surface area contributed by atoms with Crippen LogP contribution in [0.2, 0.25) is 0 Å². The molecule has 5 nitrogen and oxygen atoms in total. The molecule has 5 heteroatoms. The van der Waals surface area contributed by atoms with Gasteiger partial charge in [0.1, 0.15) is 4.92 Å². The second-order valence-corrected chi connectivity index (χ2v) is 3.98. The Morgan fingerprint density at radius 1 is 1.22 bits per heavy atom. The highest BCUT2D eigenvalue weighted by Crippen LogP contribution is 2.17. The molecular formula is C13H11NO4. The van der Waals surface area contributed by atoms with E-state index in [4.69, 9.17) is 4.42 Å². The van der Waals surface area contributed by atoms with Crippen molar-refractivity contribution in [1.82, 2.24) is 0 Å². The minimum Gasteiger partial charge on any atom is -0.397 e. The van der Waals surface area contributed by atoms with Crippen LogP contribution in [0.3, 0.4) is 0 Å². The first-order chi connectivity index (χ1) is 8.56. The van der Waals surface area contributed by atoms with E-state index in [1.807, 2.05) is 31.2 Å². The van der Waals surface area contributed by atoms with Crippen LogP contribution in [0.25, 0.3) is 0 Å². The van der Waals surface area contributed by atoms with Crippen molar-refractivity contribution < 1.29 is 14.1 Å². The highest BCUT2D eigenvalue weighted by Gasteiger charge is 2.17. The maximum absolute atomic E-state index is 11.8. The summed E-state index contributed by atoms with van der Waals surface area (Å²) in [7, 11) is 0. The van der Waals surface area contributed by atoms with Gasteiger partial charge in [0.25, 0.3) is 0 Å². The molecule has 0 saturated heterocycles. The topological polar surface area (TPSA) is 73.3 Å². The lowest BCUT2D eigenvalue weighted by molar-refractivity contribution is -0.402. The largest absolute Gasteiger partial charge is 0.433 e. The number of Topliss-reactive ketones (excluding diaryl/α,β-unsaturated/α-hetero) is 1. The second kappa shape index (κ2) is 4.83. The Kier molecular flexibility index (Phi) is 3.23. The third-order valence-corrected chi connectivity index (χ3v) is 2.53. The maximum atomic E-state index is 11.8. The molecule has 0 aliphatic carbocycles. The van der Waals surface area contributed by atoms with Gasteiger partial charge in [-0.25, -0.2) is 0 Å². The normalized spacial score (nSPS) is 10.3. The number of hydrogen-bond acceptors (Lipinski definition) is 4. The van der Waals surface area contributed by atoms with Crippen molar-refractivity contribution >= 4 is 11.7 Å². The van der Waals surface area contributed by atoms with E-state index in [0.717, 1.165) is 11.1 Å². The van der Waals surface area contributed by atoms with Gasteiger partial charge in [-0.3, -0.25) is 14.9 Å². The Balaban J connectivity index is 2.11. The zero-order chi connectivity index (χ0) is 13.1. The summed E-state index contributed by atoms with van der Waals surface area (Å²) >= 11 is 0. The lowest BCUT2D eigenvalue weighted by Gasteiger charge is -1.99. The number of hydrogen-bond donors (Lipinski definition) is 0. The quantitative estimate of drug-likeness (QED) is 0.471. The first-order valence-electron chi connectivity index (χ1n) is 5.39. The van der Waals surface area contributed by atoms with E-state index < -0.39 is 10.8 Å². The number of nitrogens with zero attached hydrogens (tertiary/aromatic N) is 1. The number of furan rings is 1. The molecular weight excluding hydrogens is 234 g/mol. The SMILES string of the molecule is Cc1ccc(CC(=O)c2ccc([N+](=O)[O-])o2)cc1. The molecule has 2 aromatic rings. The Morgan fingerprint density at radius 2 is 1.89 bits per heavy atom. The van der Waals surface area contributed by atoms with Gasteiger partial charge in [0.05, 0.1) is 6.07 Å². The van der Waals surface area contributed by atoms with Crippen molar-refractivity contribution in [3.63, 3.8) is 0 Å². The van der Waals surface area contributed by atoms with Crippen molar-refractivity contribution in [2.75, 3.05) is 0 Å². The van der Waals surface area contributed by atoms with Crippen LogP contribution in [-0.4, -0.2) is 10.7 Å². The molecule has 0 bridgehead atoms. The summed E-state index contributed by atoms with van der Waals surface area (Å²) in [5.41, 5.74) is 1.96. The predicted molar refractivity (Wildman–Crippen MR) is 64.6 cm³/mol. The number of carbonyl (C=O) groups excluding carboxylic acids is 1. The molecule has 92 valence electrons. The summed E-state index contributed by atoms with van der Waals surface area (Å²) in [6.45, 7) is 1.96. The Morgan fingerprint density at radius 3 is 2.44 bits per heavy atom. The van der Waals surface area contributed by atoms with E-state index in [0.29, 0.717) is 0 Å². The van der Waals surface area contributed by atoms with E-state index in [1.165, 1.54) is 12.1 Å². The molecule has 0 radical (unpaired) electrons. The summed E-state index contributed by atoms with van der Waals surface area (Å²) in [6, 6.07) is 10.0. The monoisotopic (exact) mass is 245 g/mol. The number of aryl methyl sites for hydroxylation is 1. The van der Waals surface area contributed by atoms with Crippen LogP contribution in [0, 0.1) is 17.0 Å². The molecule has 0 aliphatic heterocycles. The van der Waals surface area contributed by atoms with Crippen molar-refractivity contribution in [3.8, 4) is 0 Å². The van der Waals surface area contributed by atoms with Crippen LogP contribution < -0.4 is 0 Å². The van der Waals surface area contributed by atoms with Gasteiger partial charge in [-0.15, -0.1) is 0 Å². The molecule has 2 rings (SSSR count). The van der Waals surface area contributed by atoms with Crippen LogP contribution in [0.5, 0.6) is 0 Å². The minimum atomic E-state index is -0.664. The smallest absolute Gasteiger partial charge is 0.397 e. The van der Waals surface area contributed by atoms with E-state index in [9.17, 15) is 14.9 Å². The molecule has 0 amide bonds. The molecule has 0 unspecified atom stereocenters. The number of rotatable bonds is 4. The van der Waals surface area contributed by atoms with Crippen molar-refractivity contribution in [2.45, 2.75) is 13.3 Å². The third-order valence-electron chi connectivity index (χ3n) is 2.53. The zero-order valence-electron chi connectivity index (χ0n) is 9.75. The number of ketones is 1. The standard InChI is InChI=1S/C13H11NO4/c1-9-2-4-10(5-3-9)8-11(15)12-6-7-13(18-12)14(16)17/h2-7H,8H2,1H3. The molecule has 0 fully saturated rings. The zero-order valence-corrected chi connectivity index (χ0v) is 9.75. The maximum Gasteiger partial charge on any atom is 0.433 e. The highest BCUT2D eigenvalue weighted by atomic mass is 16.6. The molecule has 1 heterocycles. The molecule has 18 heavy (non-hydrogen) atoms. The van der Waals surface area contributed by atoms with Gasteiger partial charge >= 0.3 is 5.88 Å². The van der Waals surface area contributed by atoms with Crippen LogP contribution in [-0.2, 0) is 6.42 Å². The van der Waals surface area contributed by atoms with Gasteiger partial charge in [-0.2, -0.15) is 0 Å². The van der Waals surface area contributed by atoms with E-state index in [1.54, 1.807) is 0 Å². The summed E-state index contributed by atoms with van der Waals surface area (Å²) in [4.78, 5) is 21.6. The van der Waals surface area contributed by atoms with Crippen molar-refractivity contribution in [3.05, 3.63) is 63.4 Å². The van der Waals surface area contributed by atoms with Gasteiger partial charge in [-0.1, -0.05) is 29.8 Å². The van der Waals surface area contributed by atoms with Crippen LogP contribution >= 0.6 is 0 Å². The lowest BCUT2D eigenvalue weighted by atomic mass is 10.1. The summed E-state index contributed by atoms with van der Waals surface area (Å²) in [5, 5.41) is 10.4. The molecule has 0 spiro atoms. The van der Waals surface area contributed by atoms with Gasteiger partial charge in [0.15, 0.2) is 5.76 Å². The lowest BCUT2D eigenvalue weighted by Crippen LogP contribution is -2.01. The number of benzene rings is 1. The number of nitro groups is 1. The van der Waals surface area contributed by atoms with Crippen molar-refractivity contribution in [2.24, 2.45) is 0 Å². The molecule has 0 atom stereocenters. The fraction of sp³-hybridized carbons (Fsp3) is 0.154. The van der Waals surface area contributed by atoms with E-state index in [-0.39, 0.29) is 18.0 Å². The Labute approximate surface area is 103 Å². The molecule has 1 aromatic heterocycles. The molecule has 1 aromatic carbocycles. The minimum absolute atomic E-state index is 0.0160. The van der Waals surface area contributed by atoms with Gasteiger partial charge < -0.3 is 4.42 Å². The third kappa shape index (κ3) is 2.63. The fourth-order valence-electron chi connectivity index (χ4n) is 1.55. The molecule has 0 saturated carbocycles. The first kappa shape index (κ1) is 12.0. The van der Waals surface area contributed by atoms with Crippen molar-refractivity contribution in [1.29, 1.82) is 0 Å². The first-order valence-corrected chi connectivity index (χ1v) is 5.39. The van der Waals surface area contributed by atoms with E-state index >= 15 is 0 Å². The summed E-state index contributed by atoms with van der Waals surface area (Å²) in [5.74, 6) is -0.670. The average molecular weight is 245 g/mol. The Hall–Kier alpha value is -2.43. The van der Waals surface area contributed by atoms with E-state index in [2.05, 4.69) is 0 Å². The highest BCUT2D eigenvalue weighted by molar-refractivity contribution is 5.95. The summed E-state index contributed by atoms with van der Waals surface area (Å²) < 4.78 is 4.85. The predicted octanol–water partition coefficient (Wildman–Crippen LogP) is 2.92. The van der Waals surface area contributed by atoms with Gasteiger partial charge in [-0.05, 0) is 18.6 Å².